The number of aryl methyl sites for hydroxylation is 2. The minimum Gasteiger partial charge on any atom is -0.507 e. The van der Waals surface area contributed by atoms with Crippen molar-refractivity contribution in [2.75, 3.05) is 13.3 Å². The zero-order chi connectivity index (χ0) is 17.2. The van der Waals surface area contributed by atoms with Crippen LogP contribution in [0, 0.1) is 13.8 Å². The third-order valence-electron chi connectivity index (χ3n) is 4.19. The first-order chi connectivity index (χ1) is 10.7. The molecule has 0 aromatic heterocycles. The summed E-state index contributed by atoms with van der Waals surface area (Å²) in [5.74, 6) is 0.452. The second-order valence-corrected chi connectivity index (χ2v) is 11.5. The molecule has 0 aliphatic rings. The number of phenolic OH excluding ortho intramolecular Hbond substituents is 1. The number of para-hydroxylation sites is 1. The smallest absolute Gasteiger partial charge is 0.122 e. The van der Waals surface area contributed by atoms with E-state index in [1.165, 1.54) is 22.6 Å². The van der Waals surface area contributed by atoms with Crippen molar-refractivity contribution in [1.29, 1.82) is 0 Å². The molecular weight excluding hydrogens is 318 g/mol. The molecule has 0 heterocycles. The molecule has 0 saturated carbocycles. The maximum absolute atomic E-state index is 10.5. The summed E-state index contributed by atoms with van der Waals surface area (Å²) < 4.78 is 0. The van der Waals surface area contributed by atoms with Gasteiger partial charge in [-0.25, -0.2) is 0 Å². The van der Waals surface area contributed by atoms with Gasteiger partial charge in [-0.2, -0.15) is 0 Å². The molecule has 0 saturated heterocycles. The van der Waals surface area contributed by atoms with Crippen molar-refractivity contribution in [2.24, 2.45) is 0 Å². The second kappa shape index (κ2) is 7.33. The quantitative estimate of drug-likeness (QED) is 0.710. The van der Waals surface area contributed by atoms with Gasteiger partial charge in [-0.3, -0.25) is 0 Å². The molecule has 0 fully saturated rings. The van der Waals surface area contributed by atoms with Gasteiger partial charge >= 0.3 is 0 Å². The molecule has 0 spiro atoms. The van der Waals surface area contributed by atoms with E-state index in [-0.39, 0.29) is 13.1 Å². The lowest BCUT2D eigenvalue weighted by molar-refractivity contribution is 0.457. The van der Waals surface area contributed by atoms with Crippen LogP contribution < -0.4 is 5.30 Å². The first-order valence-corrected chi connectivity index (χ1v) is 11.4. The van der Waals surface area contributed by atoms with E-state index in [4.69, 9.17) is 0 Å². The highest BCUT2D eigenvalue weighted by Crippen LogP contribution is 2.46. The predicted octanol–water partition coefficient (Wildman–Crippen LogP) is 5.49. The summed E-state index contributed by atoms with van der Waals surface area (Å²) in [7, 11) is 0.691. The van der Waals surface area contributed by atoms with Gasteiger partial charge < -0.3 is 5.11 Å². The molecule has 1 N–H and O–H groups in total. The zero-order valence-electron chi connectivity index (χ0n) is 15.1. The molecule has 0 radical (unpaired) electrons. The summed E-state index contributed by atoms with van der Waals surface area (Å²) in [6.45, 7) is 13.3. The van der Waals surface area contributed by atoms with Gasteiger partial charge in [0.25, 0.3) is 0 Å². The number of hydrogen-bond donors (Lipinski definition) is 1. The largest absolute Gasteiger partial charge is 0.507 e. The van der Waals surface area contributed by atoms with Crippen molar-refractivity contribution < 1.29 is 5.11 Å². The highest BCUT2D eigenvalue weighted by Gasteiger charge is 2.26. The van der Waals surface area contributed by atoms with Crippen LogP contribution in [0.15, 0.2) is 36.4 Å². The lowest BCUT2D eigenvalue weighted by Crippen LogP contribution is -2.19. The molecule has 2 aromatic carbocycles. The number of benzene rings is 2. The normalized spacial score (nSPS) is 12.5. The van der Waals surface area contributed by atoms with E-state index in [1.807, 2.05) is 19.1 Å². The Bertz CT molecular complexity index is 690. The molecule has 0 bridgehead atoms. The molecule has 0 aliphatic carbocycles. The summed E-state index contributed by atoms with van der Waals surface area (Å²) in [5, 5.41) is 11.9. The topological polar surface area (TPSA) is 20.2 Å². The van der Waals surface area contributed by atoms with Crippen molar-refractivity contribution in [3.05, 3.63) is 58.7 Å². The van der Waals surface area contributed by atoms with Crippen LogP contribution in [0.5, 0.6) is 5.75 Å². The molecule has 0 amide bonds. The van der Waals surface area contributed by atoms with Crippen molar-refractivity contribution in [1.82, 2.24) is 0 Å². The van der Waals surface area contributed by atoms with E-state index in [0.717, 1.165) is 11.1 Å². The van der Waals surface area contributed by atoms with E-state index in [2.05, 4.69) is 58.4 Å². The Morgan fingerprint density at radius 1 is 1.00 bits per heavy atom. The molecule has 2 aromatic rings. The second-order valence-electron chi connectivity index (χ2n) is 7.07. The van der Waals surface area contributed by atoms with Crippen LogP contribution in [0.4, 0.5) is 0 Å². The van der Waals surface area contributed by atoms with Crippen LogP contribution in [0.2, 0.25) is 0 Å². The summed E-state index contributed by atoms with van der Waals surface area (Å²) in [5.41, 5.74) is 4.87. The number of phenols is 1. The summed E-state index contributed by atoms with van der Waals surface area (Å²) in [4.78, 5) is 0. The van der Waals surface area contributed by atoms with Crippen LogP contribution in [-0.4, -0.2) is 18.4 Å². The fourth-order valence-electron chi connectivity index (χ4n) is 2.92. The number of hydrogen-bond acceptors (Lipinski definition) is 1. The van der Waals surface area contributed by atoms with Gasteiger partial charge in [0.1, 0.15) is 5.75 Å². The highest BCUT2D eigenvalue weighted by molar-refractivity contribution is 7.55. The lowest BCUT2D eigenvalue weighted by Gasteiger charge is -2.29. The van der Waals surface area contributed by atoms with Gasteiger partial charge in [0.15, 0.2) is 0 Å². The lowest BCUT2D eigenvalue weighted by atomic mass is 9.99. The zero-order valence-corrected chi connectivity index (χ0v) is 17.0. The van der Waals surface area contributed by atoms with Crippen molar-refractivity contribution in [3.63, 3.8) is 0 Å². The molecule has 1 nitrogen and oxygen atoms in total. The third kappa shape index (κ3) is 4.34. The summed E-state index contributed by atoms with van der Waals surface area (Å²) in [6, 6.07) is 12.8. The van der Waals surface area contributed by atoms with E-state index in [0.29, 0.717) is 14.3 Å². The van der Waals surface area contributed by atoms with Crippen molar-refractivity contribution in [3.8, 4) is 5.75 Å². The Labute approximate surface area is 144 Å². The Morgan fingerprint density at radius 3 is 2.26 bits per heavy atom. The van der Waals surface area contributed by atoms with Crippen LogP contribution in [0.3, 0.4) is 0 Å². The van der Waals surface area contributed by atoms with E-state index in [1.54, 1.807) is 0 Å². The van der Waals surface area contributed by atoms with Crippen LogP contribution in [0.25, 0.3) is 0 Å². The van der Waals surface area contributed by atoms with Gasteiger partial charge in [0.05, 0.1) is 0 Å². The standard InChI is InChI=1S/C20H28OP2/c1-14-9-8-12-17(18(14)21)20(3,4)22-19-15(2)10-7-11-16(19)13-23(5)6/h7-12,21-22H,13H2,1-6H3. The Balaban J connectivity index is 2.43. The summed E-state index contributed by atoms with van der Waals surface area (Å²) in [6.07, 6.45) is 1.18. The van der Waals surface area contributed by atoms with E-state index in [9.17, 15) is 5.11 Å². The molecule has 0 aliphatic heterocycles. The molecular formula is C20H28OP2. The summed E-state index contributed by atoms with van der Waals surface area (Å²) >= 11 is 0. The molecule has 124 valence electrons. The van der Waals surface area contributed by atoms with Crippen LogP contribution >= 0.6 is 16.5 Å². The number of aromatic hydroxyl groups is 1. The first-order valence-electron chi connectivity index (χ1n) is 8.03. The molecule has 1 unspecified atom stereocenters. The van der Waals surface area contributed by atoms with Crippen molar-refractivity contribution >= 4 is 21.8 Å². The van der Waals surface area contributed by atoms with E-state index < -0.39 is 0 Å². The molecule has 3 heteroatoms. The highest BCUT2D eigenvalue weighted by atomic mass is 31.1. The Morgan fingerprint density at radius 2 is 1.61 bits per heavy atom. The molecule has 2 rings (SSSR count). The Kier molecular flexibility index (Phi) is 5.88. The third-order valence-corrected chi connectivity index (χ3v) is 7.03. The average Bonchev–Trinajstić information content (AvgIpc) is 2.45. The molecule has 1 atom stereocenters. The average molecular weight is 346 g/mol. The van der Waals surface area contributed by atoms with Gasteiger partial charge in [0, 0.05) is 10.7 Å². The van der Waals surface area contributed by atoms with E-state index >= 15 is 0 Å². The maximum atomic E-state index is 10.5. The van der Waals surface area contributed by atoms with Gasteiger partial charge in [-0.1, -0.05) is 58.8 Å². The molecule has 23 heavy (non-hydrogen) atoms. The maximum Gasteiger partial charge on any atom is 0.122 e. The minimum atomic E-state index is -0.0682. The SMILES string of the molecule is Cc1cccc(C(C)(C)Pc2c(C)cccc2CP(C)C)c1O. The first kappa shape index (κ1) is 18.4. The van der Waals surface area contributed by atoms with Gasteiger partial charge in [-0.15, -0.1) is 7.92 Å². The predicted molar refractivity (Wildman–Crippen MR) is 107 cm³/mol. The number of rotatable bonds is 5. The van der Waals surface area contributed by atoms with Crippen LogP contribution in [0.1, 0.15) is 36.1 Å². The fraction of sp³-hybridized carbons (Fsp3) is 0.400. The van der Waals surface area contributed by atoms with Gasteiger partial charge in [-0.05, 0) is 55.3 Å². The Hall–Kier alpha value is -0.900. The monoisotopic (exact) mass is 346 g/mol. The van der Waals surface area contributed by atoms with Crippen LogP contribution in [-0.2, 0) is 11.3 Å². The minimum absolute atomic E-state index is 0.0425. The fourth-order valence-corrected chi connectivity index (χ4v) is 5.59. The van der Waals surface area contributed by atoms with Crippen molar-refractivity contribution in [2.45, 2.75) is 39.0 Å². The van der Waals surface area contributed by atoms with Gasteiger partial charge in [0.2, 0.25) is 0 Å².